The molecule has 0 N–H and O–H groups in total. The van der Waals surface area contributed by atoms with Crippen molar-refractivity contribution in [2.45, 2.75) is 83.7 Å². The lowest BCUT2D eigenvalue weighted by atomic mass is 10.0. The lowest BCUT2D eigenvalue weighted by molar-refractivity contribution is -0.118. The molecule has 1 aromatic rings. The molecule has 0 aliphatic carbocycles. The summed E-state index contributed by atoms with van der Waals surface area (Å²) in [4.78, 5) is 14.2. The zero-order chi connectivity index (χ0) is 22.5. The van der Waals surface area contributed by atoms with E-state index in [1.54, 1.807) is 26.8 Å². The van der Waals surface area contributed by atoms with Gasteiger partial charge in [-0.15, -0.1) is 0 Å². The number of morpholine rings is 1. The summed E-state index contributed by atoms with van der Waals surface area (Å²) in [6.07, 6.45) is 2.60. The number of unbranched alkanes of at least 4 members (excludes halogenated alkanes) is 2. The van der Waals surface area contributed by atoms with Crippen LogP contribution in [0.3, 0.4) is 0 Å². The van der Waals surface area contributed by atoms with Crippen LogP contribution in [0.2, 0.25) is 0 Å². The van der Waals surface area contributed by atoms with Crippen LogP contribution in [0.1, 0.15) is 65.9 Å². The molecule has 2 atom stereocenters. The fourth-order valence-electron chi connectivity index (χ4n) is 3.70. The van der Waals surface area contributed by atoms with Crippen LogP contribution < -0.4 is 4.90 Å². The molecule has 30 heavy (non-hydrogen) atoms. The smallest absolute Gasteiger partial charge is 0.155 e. The Morgan fingerprint density at radius 2 is 1.77 bits per heavy atom. The number of rotatable bonds is 9. The van der Waals surface area contributed by atoms with Crippen molar-refractivity contribution in [3.8, 4) is 0 Å². The molecule has 0 amide bonds. The van der Waals surface area contributed by atoms with Crippen LogP contribution in [0, 0.1) is 5.82 Å². The van der Waals surface area contributed by atoms with E-state index >= 15 is 0 Å². The molecule has 1 fully saturated rings. The van der Waals surface area contributed by atoms with E-state index in [4.69, 9.17) is 4.74 Å². The van der Waals surface area contributed by atoms with E-state index in [0.717, 1.165) is 0 Å². The van der Waals surface area contributed by atoms with Crippen molar-refractivity contribution in [1.29, 1.82) is 0 Å². The normalized spacial score (nSPS) is 20.4. The summed E-state index contributed by atoms with van der Waals surface area (Å²) < 4.78 is 43.8. The van der Waals surface area contributed by atoms with Gasteiger partial charge in [-0.05, 0) is 65.2 Å². The Bertz CT molecular complexity index is 822. The van der Waals surface area contributed by atoms with Crippen molar-refractivity contribution in [3.63, 3.8) is 0 Å². The molecule has 0 spiro atoms. The van der Waals surface area contributed by atoms with E-state index in [0.29, 0.717) is 50.0 Å². The standard InChI is InChI=1S/C23H36FNO4S/c1-17-15-25(16-18(2)29-17)22-11-10-19(14-21(22)24)13-20(26)9-7-6-8-12-30(27,28)23(3,4)5/h10-11,14,17-18H,6-9,12-13,15-16H2,1-5H3/t17-,18+. The Balaban J connectivity index is 1.80. The SMILES string of the molecule is C[C@@H]1CN(c2ccc(CC(=O)CCCCCS(=O)(=O)C(C)(C)C)cc2F)C[C@H](C)O1. The van der Waals surface area contributed by atoms with Crippen LogP contribution in [0.4, 0.5) is 10.1 Å². The Morgan fingerprint density at radius 3 is 2.33 bits per heavy atom. The molecule has 2 rings (SSSR count). The van der Waals surface area contributed by atoms with E-state index in [-0.39, 0.29) is 36.0 Å². The average Bonchev–Trinajstić information content (AvgIpc) is 2.59. The van der Waals surface area contributed by atoms with Crippen molar-refractivity contribution in [1.82, 2.24) is 0 Å². The van der Waals surface area contributed by atoms with Gasteiger partial charge in [0.1, 0.15) is 11.6 Å². The largest absolute Gasteiger partial charge is 0.372 e. The minimum Gasteiger partial charge on any atom is -0.372 e. The molecule has 0 saturated carbocycles. The first kappa shape index (κ1) is 24.8. The second kappa shape index (κ2) is 10.2. The van der Waals surface area contributed by atoms with E-state index in [1.165, 1.54) is 6.07 Å². The van der Waals surface area contributed by atoms with Crippen LogP contribution >= 0.6 is 0 Å². The highest BCUT2D eigenvalue weighted by Crippen LogP contribution is 2.25. The van der Waals surface area contributed by atoms with Gasteiger partial charge in [0.15, 0.2) is 9.84 Å². The minimum atomic E-state index is -3.11. The Kier molecular flexibility index (Phi) is 8.45. The first-order valence-electron chi connectivity index (χ1n) is 10.8. The summed E-state index contributed by atoms with van der Waals surface area (Å²) in [6, 6.07) is 5.02. The van der Waals surface area contributed by atoms with Crippen molar-refractivity contribution in [2.24, 2.45) is 0 Å². The molecule has 1 aliphatic rings. The van der Waals surface area contributed by atoms with Crippen molar-refractivity contribution < 1.29 is 22.3 Å². The molecule has 0 aromatic heterocycles. The predicted molar refractivity (Wildman–Crippen MR) is 119 cm³/mol. The highest BCUT2D eigenvalue weighted by atomic mass is 32.2. The van der Waals surface area contributed by atoms with Crippen molar-refractivity contribution in [3.05, 3.63) is 29.6 Å². The fourth-order valence-corrected chi connectivity index (χ4v) is 4.90. The van der Waals surface area contributed by atoms with Crippen molar-refractivity contribution in [2.75, 3.05) is 23.7 Å². The summed E-state index contributed by atoms with van der Waals surface area (Å²) in [5.74, 6) is -0.112. The second-order valence-corrected chi connectivity index (χ2v) is 12.3. The van der Waals surface area contributed by atoms with Gasteiger partial charge in [0.05, 0.1) is 28.4 Å². The first-order valence-corrected chi connectivity index (χ1v) is 12.5. The van der Waals surface area contributed by atoms with Gasteiger partial charge in [0.2, 0.25) is 0 Å². The number of Topliss-reactive ketones (excluding diaryl/α,β-unsaturated/α-hetero) is 1. The van der Waals surface area contributed by atoms with Crippen molar-refractivity contribution >= 4 is 21.3 Å². The highest BCUT2D eigenvalue weighted by molar-refractivity contribution is 7.92. The Morgan fingerprint density at radius 1 is 1.13 bits per heavy atom. The number of benzene rings is 1. The maximum Gasteiger partial charge on any atom is 0.155 e. The topological polar surface area (TPSA) is 63.7 Å². The lowest BCUT2D eigenvalue weighted by Crippen LogP contribution is -2.45. The Labute approximate surface area is 180 Å². The quantitative estimate of drug-likeness (QED) is 0.534. The van der Waals surface area contributed by atoms with E-state index in [1.807, 2.05) is 24.8 Å². The first-order chi connectivity index (χ1) is 13.9. The molecule has 1 aliphatic heterocycles. The van der Waals surface area contributed by atoms with Gasteiger partial charge in [-0.2, -0.15) is 0 Å². The molecule has 0 radical (unpaired) electrons. The molecule has 0 unspecified atom stereocenters. The summed E-state index contributed by atoms with van der Waals surface area (Å²) >= 11 is 0. The van der Waals surface area contributed by atoms with Gasteiger partial charge in [-0.1, -0.05) is 12.5 Å². The number of hydrogen-bond acceptors (Lipinski definition) is 5. The monoisotopic (exact) mass is 441 g/mol. The maximum absolute atomic E-state index is 14.6. The molecule has 1 heterocycles. The molecule has 170 valence electrons. The number of ketones is 1. The number of hydrogen-bond donors (Lipinski definition) is 0. The molecule has 1 saturated heterocycles. The van der Waals surface area contributed by atoms with Gasteiger partial charge in [-0.3, -0.25) is 4.79 Å². The van der Waals surface area contributed by atoms with Gasteiger partial charge >= 0.3 is 0 Å². The van der Waals surface area contributed by atoms with Gasteiger partial charge in [-0.25, -0.2) is 12.8 Å². The lowest BCUT2D eigenvalue weighted by Gasteiger charge is -2.37. The summed E-state index contributed by atoms with van der Waals surface area (Å²) in [5.41, 5.74) is 1.22. The van der Waals surface area contributed by atoms with Crippen LogP contribution in [0.5, 0.6) is 0 Å². The van der Waals surface area contributed by atoms with Gasteiger partial charge in [0.25, 0.3) is 0 Å². The number of anilines is 1. The van der Waals surface area contributed by atoms with E-state index < -0.39 is 14.6 Å². The fraction of sp³-hybridized carbons (Fsp3) is 0.696. The van der Waals surface area contributed by atoms with Crippen LogP contribution in [-0.2, 0) is 25.8 Å². The molecule has 5 nitrogen and oxygen atoms in total. The number of carbonyl (C=O) groups is 1. The third-order valence-electron chi connectivity index (χ3n) is 5.48. The molecule has 7 heteroatoms. The second-order valence-electron chi connectivity index (χ2n) is 9.41. The maximum atomic E-state index is 14.6. The summed E-state index contributed by atoms with van der Waals surface area (Å²) in [5, 5.41) is 0. The number of halogens is 1. The zero-order valence-electron chi connectivity index (χ0n) is 18.9. The predicted octanol–water partition coefficient (Wildman–Crippen LogP) is 4.32. The molecular formula is C23H36FNO4S. The van der Waals surface area contributed by atoms with Crippen LogP contribution in [-0.4, -0.2) is 50.0 Å². The Hall–Kier alpha value is -1.47. The van der Waals surface area contributed by atoms with Crippen LogP contribution in [0.15, 0.2) is 18.2 Å². The number of nitrogens with zero attached hydrogens (tertiary/aromatic N) is 1. The third kappa shape index (κ3) is 7.05. The summed E-state index contributed by atoms with van der Waals surface area (Å²) in [6.45, 7) is 10.4. The number of ether oxygens (including phenoxy) is 1. The zero-order valence-corrected chi connectivity index (χ0v) is 19.7. The highest BCUT2D eigenvalue weighted by Gasteiger charge is 2.28. The van der Waals surface area contributed by atoms with E-state index in [9.17, 15) is 17.6 Å². The minimum absolute atomic E-state index is 0.0489. The summed E-state index contributed by atoms with van der Waals surface area (Å²) in [7, 11) is -3.11. The molecule has 1 aromatic carbocycles. The van der Waals surface area contributed by atoms with Crippen LogP contribution in [0.25, 0.3) is 0 Å². The third-order valence-corrected chi connectivity index (χ3v) is 8.17. The van der Waals surface area contributed by atoms with E-state index in [2.05, 4.69) is 0 Å². The molecule has 0 bridgehead atoms. The van der Waals surface area contributed by atoms with Gasteiger partial charge < -0.3 is 9.64 Å². The molecular weight excluding hydrogens is 405 g/mol. The average molecular weight is 442 g/mol. The number of sulfone groups is 1. The van der Waals surface area contributed by atoms with Gasteiger partial charge in [0, 0.05) is 25.9 Å². The number of carbonyl (C=O) groups excluding carboxylic acids is 1.